The maximum atomic E-state index is 13.3. The van der Waals surface area contributed by atoms with Crippen molar-refractivity contribution in [3.63, 3.8) is 0 Å². The molecule has 1 fully saturated rings. The third-order valence-corrected chi connectivity index (χ3v) is 5.51. The average molecular weight is 430 g/mol. The maximum absolute atomic E-state index is 13.3. The number of aryl methyl sites for hydroxylation is 1. The lowest BCUT2D eigenvalue weighted by Crippen LogP contribution is -2.23. The summed E-state index contributed by atoms with van der Waals surface area (Å²) in [6.45, 7) is 2.45. The van der Waals surface area contributed by atoms with Gasteiger partial charge >= 0.3 is 0 Å². The topological polar surface area (TPSA) is 88.3 Å². The van der Waals surface area contributed by atoms with Crippen LogP contribution in [0.1, 0.15) is 28.9 Å². The van der Waals surface area contributed by atoms with Crippen molar-refractivity contribution in [1.82, 2.24) is 10.1 Å². The van der Waals surface area contributed by atoms with Crippen LogP contribution >= 0.6 is 0 Å². The van der Waals surface area contributed by atoms with Gasteiger partial charge in [-0.15, -0.1) is 0 Å². The number of nitrogens with one attached hydrogen (secondary N) is 1. The maximum Gasteiger partial charge on any atom is 0.259 e. The number of hydrogen-bond donors (Lipinski definition) is 1. The second-order valence-electron chi connectivity index (χ2n) is 7.66. The fraction of sp³-hybridized carbons (Fsp3) is 0.167. The number of pyridine rings is 1. The van der Waals surface area contributed by atoms with Crippen molar-refractivity contribution in [3.8, 4) is 11.3 Å². The first kappa shape index (κ1) is 19.9. The van der Waals surface area contributed by atoms with E-state index < -0.39 is 0 Å². The molecule has 3 heterocycles. The van der Waals surface area contributed by atoms with E-state index in [4.69, 9.17) is 4.52 Å². The van der Waals surface area contributed by atoms with Gasteiger partial charge in [-0.3, -0.25) is 9.59 Å². The van der Waals surface area contributed by atoms with Gasteiger partial charge in [-0.1, -0.05) is 5.16 Å². The molecule has 160 valence electrons. The molecule has 8 heteroatoms. The first-order valence-corrected chi connectivity index (χ1v) is 10.2. The quantitative estimate of drug-likeness (QED) is 0.506. The van der Waals surface area contributed by atoms with Crippen molar-refractivity contribution in [1.29, 1.82) is 0 Å². The number of rotatable bonds is 4. The molecule has 32 heavy (non-hydrogen) atoms. The van der Waals surface area contributed by atoms with Gasteiger partial charge in [0.15, 0.2) is 0 Å². The molecule has 1 saturated heterocycles. The zero-order chi connectivity index (χ0) is 22.2. The molecule has 7 nitrogen and oxygen atoms in total. The molecule has 0 radical (unpaired) electrons. The van der Waals surface area contributed by atoms with Crippen molar-refractivity contribution in [2.24, 2.45) is 0 Å². The number of anilines is 2. The van der Waals surface area contributed by atoms with Crippen molar-refractivity contribution < 1.29 is 18.5 Å². The molecule has 4 aromatic rings. The van der Waals surface area contributed by atoms with Crippen LogP contribution in [0.15, 0.2) is 59.1 Å². The van der Waals surface area contributed by atoms with Crippen LogP contribution < -0.4 is 10.2 Å². The zero-order valence-corrected chi connectivity index (χ0v) is 17.3. The molecule has 1 aliphatic heterocycles. The molecule has 2 aromatic carbocycles. The van der Waals surface area contributed by atoms with Crippen molar-refractivity contribution in [2.45, 2.75) is 19.8 Å². The minimum atomic E-state index is -0.359. The number of aromatic nitrogens is 2. The SMILES string of the molecule is Cc1noc2nc(-c3ccc(F)cc3)cc(C(=O)Nc3ccc(N4CCCC4=O)cc3)c12. The molecular formula is C24H19FN4O3. The van der Waals surface area contributed by atoms with Crippen LogP contribution in [-0.4, -0.2) is 28.5 Å². The lowest BCUT2D eigenvalue weighted by Gasteiger charge is -2.16. The van der Waals surface area contributed by atoms with Crippen molar-refractivity contribution >= 4 is 34.3 Å². The van der Waals surface area contributed by atoms with Crippen LogP contribution in [0.3, 0.4) is 0 Å². The van der Waals surface area contributed by atoms with E-state index in [0.717, 1.165) is 12.1 Å². The molecule has 2 amide bonds. The third-order valence-electron chi connectivity index (χ3n) is 5.51. The number of hydrogen-bond acceptors (Lipinski definition) is 5. The summed E-state index contributed by atoms with van der Waals surface area (Å²) in [5.41, 5.74) is 3.66. The Kier molecular flexibility index (Phi) is 4.89. The van der Waals surface area contributed by atoms with E-state index in [2.05, 4.69) is 15.5 Å². The fourth-order valence-electron chi connectivity index (χ4n) is 3.89. The molecule has 0 spiro atoms. The predicted molar refractivity (Wildman–Crippen MR) is 118 cm³/mol. The summed E-state index contributed by atoms with van der Waals surface area (Å²) in [6.07, 6.45) is 1.41. The molecule has 0 bridgehead atoms. The molecule has 0 saturated carbocycles. The molecule has 1 aliphatic rings. The van der Waals surface area contributed by atoms with Gasteiger partial charge in [-0.2, -0.15) is 0 Å². The minimum Gasteiger partial charge on any atom is -0.335 e. The Morgan fingerprint density at radius 3 is 2.56 bits per heavy atom. The molecule has 2 aromatic heterocycles. The van der Waals surface area contributed by atoms with Gasteiger partial charge in [0.2, 0.25) is 5.91 Å². The number of amides is 2. The van der Waals surface area contributed by atoms with Crippen molar-refractivity contribution in [3.05, 3.63) is 71.7 Å². The van der Waals surface area contributed by atoms with E-state index in [-0.39, 0.29) is 23.3 Å². The Morgan fingerprint density at radius 1 is 1.12 bits per heavy atom. The van der Waals surface area contributed by atoms with E-state index >= 15 is 0 Å². The molecule has 1 N–H and O–H groups in total. The molecular weight excluding hydrogens is 411 g/mol. The van der Waals surface area contributed by atoms with Gasteiger partial charge in [0.05, 0.1) is 22.3 Å². The fourth-order valence-corrected chi connectivity index (χ4v) is 3.89. The highest BCUT2D eigenvalue weighted by molar-refractivity contribution is 6.13. The summed E-state index contributed by atoms with van der Waals surface area (Å²) in [4.78, 5) is 31.3. The third kappa shape index (κ3) is 3.60. The first-order valence-electron chi connectivity index (χ1n) is 10.2. The summed E-state index contributed by atoms with van der Waals surface area (Å²) in [6, 6.07) is 14.6. The van der Waals surface area contributed by atoms with E-state index in [0.29, 0.717) is 46.6 Å². The number of halogens is 1. The Bertz CT molecular complexity index is 1330. The second kappa shape index (κ2) is 7.88. The van der Waals surface area contributed by atoms with Crippen molar-refractivity contribution in [2.75, 3.05) is 16.8 Å². The summed E-state index contributed by atoms with van der Waals surface area (Å²) in [5, 5.41) is 7.35. The monoisotopic (exact) mass is 430 g/mol. The number of carbonyl (C=O) groups is 2. The lowest BCUT2D eigenvalue weighted by molar-refractivity contribution is -0.117. The molecule has 0 aliphatic carbocycles. The van der Waals surface area contributed by atoms with Gasteiger partial charge in [-0.25, -0.2) is 9.37 Å². The van der Waals surface area contributed by atoms with Crippen LogP contribution in [0.4, 0.5) is 15.8 Å². The minimum absolute atomic E-state index is 0.109. The second-order valence-corrected chi connectivity index (χ2v) is 7.66. The van der Waals surface area contributed by atoms with Gasteiger partial charge in [0.1, 0.15) is 5.82 Å². The number of nitrogens with zero attached hydrogens (tertiary/aromatic N) is 3. The molecule has 5 rings (SSSR count). The summed E-state index contributed by atoms with van der Waals surface area (Å²) < 4.78 is 18.6. The van der Waals surface area contributed by atoms with Crippen LogP contribution in [-0.2, 0) is 4.79 Å². The highest BCUT2D eigenvalue weighted by Crippen LogP contribution is 2.28. The predicted octanol–water partition coefficient (Wildman–Crippen LogP) is 4.72. The van der Waals surface area contributed by atoms with Crippen LogP contribution in [0.5, 0.6) is 0 Å². The molecule has 0 unspecified atom stereocenters. The van der Waals surface area contributed by atoms with Crippen LogP contribution in [0.25, 0.3) is 22.4 Å². The standard InChI is InChI=1S/C24H19FN4O3/c1-14-22-19(13-20(27-24(22)32-28-14)15-4-6-16(25)7-5-15)23(31)26-17-8-10-18(11-9-17)29-12-2-3-21(29)30/h4-11,13H,2-3,12H2,1H3,(H,26,31). The average Bonchev–Trinajstić information content (AvgIpc) is 3.40. The van der Waals surface area contributed by atoms with Gasteiger partial charge in [0, 0.05) is 29.9 Å². The number of fused-ring (bicyclic) bond motifs is 1. The van der Waals surface area contributed by atoms with Crippen LogP contribution in [0.2, 0.25) is 0 Å². The van der Waals surface area contributed by atoms with E-state index in [1.54, 1.807) is 42.2 Å². The van der Waals surface area contributed by atoms with Gasteiger partial charge < -0.3 is 14.7 Å². The number of carbonyl (C=O) groups excluding carboxylic acids is 2. The Labute approximate surface area is 182 Å². The highest BCUT2D eigenvalue weighted by Gasteiger charge is 2.22. The highest BCUT2D eigenvalue weighted by atomic mass is 19.1. The Morgan fingerprint density at radius 2 is 1.88 bits per heavy atom. The lowest BCUT2D eigenvalue weighted by atomic mass is 10.0. The largest absolute Gasteiger partial charge is 0.335 e. The normalized spacial score (nSPS) is 13.7. The van der Waals surface area contributed by atoms with Gasteiger partial charge in [-0.05, 0) is 67.9 Å². The zero-order valence-electron chi connectivity index (χ0n) is 17.3. The summed E-state index contributed by atoms with van der Waals surface area (Å²) >= 11 is 0. The smallest absolute Gasteiger partial charge is 0.259 e. The number of benzene rings is 2. The first-order chi connectivity index (χ1) is 15.5. The van der Waals surface area contributed by atoms with E-state index in [1.807, 2.05) is 12.1 Å². The Balaban J connectivity index is 1.46. The van der Waals surface area contributed by atoms with Gasteiger partial charge in [0.25, 0.3) is 11.6 Å². The Hall–Kier alpha value is -4.07. The van der Waals surface area contributed by atoms with E-state index in [9.17, 15) is 14.0 Å². The summed E-state index contributed by atoms with van der Waals surface area (Å²) in [7, 11) is 0. The molecule has 0 atom stereocenters. The summed E-state index contributed by atoms with van der Waals surface area (Å²) in [5.74, 6) is -0.600. The van der Waals surface area contributed by atoms with E-state index in [1.165, 1.54) is 12.1 Å². The van der Waals surface area contributed by atoms with Crippen LogP contribution in [0, 0.1) is 12.7 Å².